The van der Waals surface area contributed by atoms with Crippen LogP contribution in [0.5, 0.6) is 0 Å². The Hall–Kier alpha value is -0.820. The molecule has 1 heteroatoms. The Balaban J connectivity index is 2.09. The highest BCUT2D eigenvalue weighted by Gasteiger charge is 2.35. The molecule has 1 aliphatic rings. The van der Waals surface area contributed by atoms with E-state index >= 15 is 0 Å². The molecule has 0 saturated heterocycles. The van der Waals surface area contributed by atoms with Crippen molar-refractivity contribution in [1.29, 1.82) is 0 Å². The van der Waals surface area contributed by atoms with Gasteiger partial charge in [-0.25, -0.2) is 0 Å². The average Bonchev–Trinajstić information content (AvgIpc) is 2.39. The lowest BCUT2D eigenvalue weighted by Crippen LogP contribution is -2.34. The van der Waals surface area contributed by atoms with Gasteiger partial charge in [0, 0.05) is 0 Å². The Morgan fingerprint density at radius 3 is 2.17 bits per heavy atom. The fourth-order valence-corrected chi connectivity index (χ4v) is 3.26. The molecule has 18 heavy (non-hydrogen) atoms. The van der Waals surface area contributed by atoms with Gasteiger partial charge in [0.25, 0.3) is 0 Å². The second-order valence-corrected chi connectivity index (χ2v) is 6.14. The first-order chi connectivity index (χ1) is 8.54. The first kappa shape index (κ1) is 13.6. The van der Waals surface area contributed by atoms with Gasteiger partial charge in [0.1, 0.15) is 0 Å². The van der Waals surface area contributed by atoms with Crippen LogP contribution in [-0.2, 0) is 5.60 Å². The van der Waals surface area contributed by atoms with Crippen molar-refractivity contribution >= 4 is 0 Å². The van der Waals surface area contributed by atoms with Gasteiger partial charge >= 0.3 is 0 Å². The van der Waals surface area contributed by atoms with Gasteiger partial charge in [-0.3, -0.25) is 0 Å². The molecule has 1 atom stereocenters. The van der Waals surface area contributed by atoms with E-state index in [1.807, 2.05) is 6.92 Å². The maximum atomic E-state index is 10.9. The van der Waals surface area contributed by atoms with Gasteiger partial charge in [0.15, 0.2) is 0 Å². The predicted molar refractivity (Wildman–Crippen MR) is 76.5 cm³/mol. The zero-order chi connectivity index (χ0) is 13.2. The minimum atomic E-state index is -0.660. The van der Waals surface area contributed by atoms with Gasteiger partial charge in [0.2, 0.25) is 0 Å². The summed E-state index contributed by atoms with van der Waals surface area (Å²) in [4.78, 5) is 0. The summed E-state index contributed by atoms with van der Waals surface area (Å²) in [5.74, 6) is 1.30. The van der Waals surface area contributed by atoms with E-state index in [4.69, 9.17) is 0 Å². The SMILES string of the molecule is CCC1CCC(C(C)(O)c2ccc(C)cc2)CC1. The monoisotopic (exact) mass is 246 g/mol. The molecular formula is C17H26O. The molecule has 0 amide bonds. The first-order valence-corrected chi connectivity index (χ1v) is 7.33. The summed E-state index contributed by atoms with van der Waals surface area (Å²) in [6.07, 6.45) is 6.19. The van der Waals surface area contributed by atoms with E-state index in [1.54, 1.807) is 0 Å². The normalized spacial score (nSPS) is 27.8. The lowest BCUT2D eigenvalue weighted by atomic mass is 9.71. The number of aliphatic hydroxyl groups is 1. The third-order valence-electron chi connectivity index (χ3n) is 4.86. The van der Waals surface area contributed by atoms with Crippen LogP contribution in [0, 0.1) is 18.8 Å². The fourth-order valence-electron chi connectivity index (χ4n) is 3.26. The standard InChI is InChI=1S/C17H26O/c1-4-14-7-11-16(12-8-14)17(3,18)15-9-5-13(2)6-10-15/h5-6,9-10,14,16,18H,4,7-8,11-12H2,1-3H3. The molecule has 1 aliphatic carbocycles. The molecule has 1 N–H and O–H groups in total. The molecule has 1 fully saturated rings. The Kier molecular flexibility index (Phi) is 4.11. The quantitative estimate of drug-likeness (QED) is 0.837. The number of aryl methyl sites for hydroxylation is 1. The molecule has 0 aliphatic heterocycles. The average molecular weight is 246 g/mol. The third kappa shape index (κ3) is 2.77. The van der Waals surface area contributed by atoms with Gasteiger partial charge in [-0.1, -0.05) is 56.0 Å². The first-order valence-electron chi connectivity index (χ1n) is 7.33. The molecule has 1 aromatic rings. The van der Waals surface area contributed by atoms with Crippen molar-refractivity contribution in [3.63, 3.8) is 0 Å². The predicted octanol–water partition coefficient (Wildman–Crippen LogP) is 4.42. The Morgan fingerprint density at radius 1 is 1.11 bits per heavy atom. The Morgan fingerprint density at radius 2 is 1.67 bits per heavy atom. The summed E-state index contributed by atoms with van der Waals surface area (Å²) in [7, 11) is 0. The Labute approximate surface area is 111 Å². The summed E-state index contributed by atoms with van der Waals surface area (Å²) in [5, 5.41) is 10.9. The summed E-state index contributed by atoms with van der Waals surface area (Å²) in [6, 6.07) is 8.37. The number of benzene rings is 1. The van der Waals surface area contributed by atoms with Crippen LogP contribution >= 0.6 is 0 Å². The summed E-state index contributed by atoms with van der Waals surface area (Å²) in [6.45, 7) is 6.36. The van der Waals surface area contributed by atoms with E-state index in [0.29, 0.717) is 5.92 Å². The second kappa shape index (κ2) is 5.44. The minimum Gasteiger partial charge on any atom is -0.385 e. The van der Waals surface area contributed by atoms with E-state index in [0.717, 1.165) is 11.5 Å². The van der Waals surface area contributed by atoms with Crippen LogP contribution in [0.2, 0.25) is 0 Å². The smallest absolute Gasteiger partial charge is 0.0896 e. The van der Waals surface area contributed by atoms with Crippen LogP contribution in [0.3, 0.4) is 0 Å². The summed E-state index contributed by atoms with van der Waals surface area (Å²) in [5.41, 5.74) is 1.67. The summed E-state index contributed by atoms with van der Waals surface area (Å²) >= 11 is 0. The topological polar surface area (TPSA) is 20.2 Å². The minimum absolute atomic E-state index is 0.419. The summed E-state index contributed by atoms with van der Waals surface area (Å²) < 4.78 is 0. The van der Waals surface area contributed by atoms with Gasteiger partial charge in [-0.2, -0.15) is 0 Å². The molecule has 0 aromatic heterocycles. The van der Waals surface area contributed by atoms with Crippen molar-refractivity contribution < 1.29 is 5.11 Å². The van der Waals surface area contributed by atoms with Crippen LogP contribution in [0.15, 0.2) is 24.3 Å². The lowest BCUT2D eigenvalue weighted by molar-refractivity contribution is -0.0276. The van der Waals surface area contributed by atoms with E-state index < -0.39 is 5.60 Å². The maximum Gasteiger partial charge on any atom is 0.0896 e. The molecule has 1 nitrogen and oxygen atoms in total. The van der Waals surface area contributed by atoms with E-state index in [-0.39, 0.29) is 0 Å². The van der Waals surface area contributed by atoms with Crippen LogP contribution in [0.4, 0.5) is 0 Å². The lowest BCUT2D eigenvalue weighted by Gasteiger charge is -2.38. The van der Waals surface area contributed by atoms with Crippen LogP contribution in [0.1, 0.15) is 57.1 Å². The highest BCUT2D eigenvalue weighted by Crippen LogP contribution is 2.41. The highest BCUT2D eigenvalue weighted by molar-refractivity contribution is 5.26. The van der Waals surface area contributed by atoms with Crippen LogP contribution < -0.4 is 0 Å². The van der Waals surface area contributed by atoms with Gasteiger partial charge in [-0.15, -0.1) is 0 Å². The molecule has 0 heterocycles. The van der Waals surface area contributed by atoms with Gasteiger partial charge < -0.3 is 5.11 Å². The Bertz CT molecular complexity index is 369. The zero-order valence-corrected chi connectivity index (χ0v) is 11.9. The third-order valence-corrected chi connectivity index (χ3v) is 4.86. The van der Waals surface area contributed by atoms with E-state index in [9.17, 15) is 5.11 Å². The van der Waals surface area contributed by atoms with Crippen molar-refractivity contribution in [2.75, 3.05) is 0 Å². The number of hydrogen-bond acceptors (Lipinski definition) is 1. The molecule has 0 spiro atoms. The zero-order valence-electron chi connectivity index (χ0n) is 11.9. The number of hydrogen-bond donors (Lipinski definition) is 1. The van der Waals surface area contributed by atoms with E-state index in [1.165, 1.54) is 37.7 Å². The second-order valence-electron chi connectivity index (χ2n) is 6.14. The molecule has 0 bridgehead atoms. The van der Waals surface area contributed by atoms with Crippen molar-refractivity contribution in [3.8, 4) is 0 Å². The van der Waals surface area contributed by atoms with Crippen LogP contribution in [0.25, 0.3) is 0 Å². The van der Waals surface area contributed by atoms with Crippen molar-refractivity contribution in [2.24, 2.45) is 11.8 Å². The molecule has 1 saturated carbocycles. The molecule has 2 rings (SSSR count). The fraction of sp³-hybridized carbons (Fsp3) is 0.647. The largest absolute Gasteiger partial charge is 0.385 e. The molecule has 100 valence electrons. The van der Waals surface area contributed by atoms with Crippen molar-refractivity contribution in [1.82, 2.24) is 0 Å². The van der Waals surface area contributed by atoms with Crippen molar-refractivity contribution in [2.45, 2.75) is 58.5 Å². The van der Waals surface area contributed by atoms with Crippen molar-refractivity contribution in [3.05, 3.63) is 35.4 Å². The molecular weight excluding hydrogens is 220 g/mol. The highest BCUT2D eigenvalue weighted by atomic mass is 16.3. The molecule has 1 unspecified atom stereocenters. The maximum absolute atomic E-state index is 10.9. The van der Waals surface area contributed by atoms with E-state index in [2.05, 4.69) is 38.1 Å². The molecule has 0 radical (unpaired) electrons. The molecule has 1 aromatic carbocycles. The van der Waals surface area contributed by atoms with Gasteiger partial charge in [-0.05, 0) is 44.1 Å². The number of rotatable bonds is 3. The van der Waals surface area contributed by atoms with Crippen LogP contribution in [-0.4, -0.2) is 5.11 Å². The van der Waals surface area contributed by atoms with Gasteiger partial charge in [0.05, 0.1) is 5.60 Å².